The smallest absolute Gasteiger partial charge is 0.390 e. The second kappa shape index (κ2) is 7.73. The van der Waals surface area contributed by atoms with Crippen molar-refractivity contribution in [2.75, 3.05) is 6.54 Å². The number of alkyl halides is 3. The van der Waals surface area contributed by atoms with Gasteiger partial charge in [-0.05, 0) is 42.0 Å². The van der Waals surface area contributed by atoms with Crippen molar-refractivity contribution >= 4 is 11.9 Å². The number of nitrogens with zero attached hydrogens (tertiary/aromatic N) is 4. The lowest BCUT2D eigenvalue weighted by molar-refractivity contribution is -0.394. The van der Waals surface area contributed by atoms with Crippen molar-refractivity contribution in [2.24, 2.45) is 0 Å². The zero-order chi connectivity index (χ0) is 18.4. The molecular formula is C14H14F3N5O3. The van der Waals surface area contributed by atoms with Gasteiger partial charge in [0.25, 0.3) is 5.91 Å². The van der Waals surface area contributed by atoms with E-state index in [4.69, 9.17) is 0 Å². The van der Waals surface area contributed by atoms with E-state index in [0.29, 0.717) is 25.9 Å². The second-order valence-corrected chi connectivity index (χ2v) is 5.10. The molecule has 0 bridgehead atoms. The molecule has 0 fully saturated rings. The lowest BCUT2D eigenvalue weighted by Crippen LogP contribution is -2.24. The van der Waals surface area contributed by atoms with Crippen molar-refractivity contribution in [3.8, 4) is 0 Å². The van der Waals surface area contributed by atoms with E-state index in [1.807, 2.05) is 0 Å². The average molecular weight is 357 g/mol. The van der Waals surface area contributed by atoms with Gasteiger partial charge in [-0.15, -0.1) is 0 Å². The molecule has 1 aromatic carbocycles. The molecule has 8 nitrogen and oxygen atoms in total. The van der Waals surface area contributed by atoms with Gasteiger partial charge < -0.3 is 15.4 Å². The number of hydrogen-bond donors (Lipinski definition) is 1. The third-order valence-electron chi connectivity index (χ3n) is 3.26. The minimum Gasteiger partial charge on any atom is -0.390 e. The van der Waals surface area contributed by atoms with Crippen LogP contribution in [0, 0.1) is 10.1 Å². The number of aryl methyl sites for hydroxylation is 1. The number of benzene rings is 1. The standard InChI is InChI=1S/C14H14F3N5O3/c15-14(16,17)11-5-3-10(4-6-11)12(23)18-7-1-2-8-21-9-19-13(20-21)22(24)25/h3-6,9H,1-2,7-8H2,(H,18,23). The molecule has 0 spiro atoms. The van der Waals surface area contributed by atoms with Crippen molar-refractivity contribution in [1.29, 1.82) is 0 Å². The fourth-order valence-electron chi connectivity index (χ4n) is 1.99. The second-order valence-electron chi connectivity index (χ2n) is 5.10. The Morgan fingerprint density at radius 3 is 2.48 bits per heavy atom. The molecular weight excluding hydrogens is 343 g/mol. The van der Waals surface area contributed by atoms with Gasteiger partial charge in [0.1, 0.15) is 0 Å². The SMILES string of the molecule is O=C(NCCCCn1cnc([N+](=O)[O-])n1)c1ccc(C(F)(F)F)cc1. The van der Waals surface area contributed by atoms with Gasteiger partial charge in [-0.1, -0.05) is 4.98 Å². The van der Waals surface area contributed by atoms with E-state index in [0.717, 1.165) is 24.3 Å². The van der Waals surface area contributed by atoms with Gasteiger partial charge in [-0.2, -0.15) is 17.9 Å². The van der Waals surface area contributed by atoms with E-state index >= 15 is 0 Å². The number of amides is 1. The van der Waals surface area contributed by atoms with Crippen LogP contribution in [0.2, 0.25) is 0 Å². The zero-order valence-electron chi connectivity index (χ0n) is 12.9. The van der Waals surface area contributed by atoms with Crippen LogP contribution in [-0.2, 0) is 12.7 Å². The van der Waals surface area contributed by atoms with Crippen LogP contribution in [0.25, 0.3) is 0 Å². The molecule has 1 amide bonds. The summed E-state index contributed by atoms with van der Waals surface area (Å²) < 4.78 is 38.7. The molecule has 25 heavy (non-hydrogen) atoms. The van der Waals surface area contributed by atoms with Crippen LogP contribution in [0.4, 0.5) is 19.1 Å². The van der Waals surface area contributed by atoms with Gasteiger partial charge in [0.05, 0.1) is 12.1 Å². The number of unbranched alkanes of at least 4 members (excludes halogenated alkanes) is 1. The zero-order valence-corrected chi connectivity index (χ0v) is 12.9. The van der Waals surface area contributed by atoms with Crippen LogP contribution in [0.5, 0.6) is 0 Å². The van der Waals surface area contributed by atoms with Crippen LogP contribution in [-0.4, -0.2) is 32.1 Å². The Kier molecular flexibility index (Phi) is 5.67. The van der Waals surface area contributed by atoms with Crippen LogP contribution in [0.3, 0.4) is 0 Å². The third kappa shape index (κ3) is 5.26. The van der Waals surface area contributed by atoms with Crippen LogP contribution in [0.1, 0.15) is 28.8 Å². The summed E-state index contributed by atoms with van der Waals surface area (Å²) in [4.78, 5) is 25.1. The molecule has 1 heterocycles. The molecule has 2 aromatic rings. The molecule has 0 atom stereocenters. The number of rotatable bonds is 7. The van der Waals surface area contributed by atoms with Crippen molar-refractivity contribution in [3.63, 3.8) is 0 Å². The maximum atomic E-state index is 12.4. The first kappa shape index (κ1) is 18.4. The maximum absolute atomic E-state index is 12.4. The Labute approximate surface area is 139 Å². The highest BCUT2D eigenvalue weighted by molar-refractivity contribution is 5.94. The van der Waals surface area contributed by atoms with Crippen molar-refractivity contribution in [2.45, 2.75) is 25.6 Å². The first-order valence-electron chi connectivity index (χ1n) is 7.26. The van der Waals surface area contributed by atoms with E-state index in [1.165, 1.54) is 11.0 Å². The minimum absolute atomic E-state index is 0.139. The van der Waals surface area contributed by atoms with E-state index in [-0.39, 0.29) is 5.56 Å². The molecule has 1 N–H and O–H groups in total. The molecule has 0 aliphatic carbocycles. The van der Waals surface area contributed by atoms with E-state index in [9.17, 15) is 28.1 Å². The maximum Gasteiger partial charge on any atom is 0.490 e. The van der Waals surface area contributed by atoms with Gasteiger partial charge in [-0.3, -0.25) is 4.79 Å². The van der Waals surface area contributed by atoms with Crippen LogP contribution >= 0.6 is 0 Å². The van der Waals surface area contributed by atoms with E-state index < -0.39 is 28.5 Å². The van der Waals surface area contributed by atoms with E-state index in [2.05, 4.69) is 15.4 Å². The number of aromatic nitrogens is 3. The minimum atomic E-state index is -4.44. The molecule has 0 radical (unpaired) electrons. The highest BCUT2D eigenvalue weighted by Gasteiger charge is 2.30. The first-order chi connectivity index (χ1) is 11.8. The van der Waals surface area contributed by atoms with Crippen molar-refractivity contribution < 1.29 is 22.9 Å². The lowest BCUT2D eigenvalue weighted by Gasteiger charge is -2.08. The summed E-state index contributed by atoms with van der Waals surface area (Å²) in [5.74, 6) is -0.944. The molecule has 134 valence electrons. The molecule has 0 saturated carbocycles. The predicted octanol–water partition coefficient (Wildman–Crippen LogP) is 2.42. The quantitative estimate of drug-likeness (QED) is 0.466. The topological polar surface area (TPSA) is 103 Å². The summed E-state index contributed by atoms with van der Waals surface area (Å²) >= 11 is 0. The van der Waals surface area contributed by atoms with Crippen LogP contribution in [0.15, 0.2) is 30.6 Å². The van der Waals surface area contributed by atoms with E-state index in [1.54, 1.807) is 0 Å². The Balaban J connectivity index is 1.72. The third-order valence-corrected chi connectivity index (χ3v) is 3.26. The van der Waals surface area contributed by atoms with Gasteiger partial charge >= 0.3 is 12.1 Å². The Hall–Kier alpha value is -2.98. The number of carbonyl (C=O) groups is 1. The normalized spacial score (nSPS) is 11.3. The average Bonchev–Trinajstić information content (AvgIpc) is 3.03. The largest absolute Gasteiger partial charge is 0.490 e. The van der Waals surface area contributed by atoms with Gasteiger partial charge in [0.2, 0.25) is 6.33 Å². The molecule has 0 aliphatic heterocycles. The summed E-state index contributed by atoms with van der Waals surface area (Å²) in [6.45, 7) is 0.716. The molecule has 1 aromatic heterocycles. The van der Waals surface area contributed by atoms with Gasteiger partial charge in [0.15, 0.2) is 0 Å². The molecule has 2 rings (SSSR count). The van der Waals surface area contributed by atoms with Crippen molar-refractivity contribution in [3.05, 3.63) is 51.8 Å². The number of hydrogen-bond acceptors (Lipinski definition) is 5. The molecule has 0 saturated heterocycles. The Morgan fingerprint density at radius 1 is 1.24 bits per heavy atom. The number of carbonyl (C=O) groups excluding carboxylic acids is 1. The van der Waals surface area contributed by atoms with Crippen molar-refractivity contribution in [1.82, 2.24) is 20.1 Å². The summed E-state index contributed by atoms with van der Waals surface area (Å²) in [6, 6.07) is 3.94. The summed E-state index contributed by atoms with van der Waals surface area (Å²) in [7, 11) is 0. The highest BCUT2D eigenvalue weighted by Crippen LogP contribution is 2.29. The lowest BCUT2D eigenvalue weighted by atomic mass is 10.1. The number of halogens is 3. The first-order valence-corrected chi connectivity index (χ1v) is 7.26. The fraction of sp³-hybridized carbons (Fsp3) is 0.357. The Bertz CT molecular complexity index is 743. The summed E-state index contributed by atoms with van der Waals surface area (Å²) in [6.07, 6.45) is -2.03. The summed E-state index contributed by atoms with van der Waals surface area (Å²) in [5, 5.41) is 16.7. The molecule has 11 heteroatoms. The number of nitro groups is 1. The highest BCUT2D eigenvalue weighted by atomic mass is 19.4. The van der Waals surface area contributed by atoms with Gasteiger partial charge in [0, 0.05) is 17.2 Å². The fourth-order valence-corrected chi connectivity index (χ4v) is 1.99. The van der Waals surface area contributed by atoms with Gasteiger partial charge in [-0.25, -0.2) is 0 Å². The molecule has 0 aliphatic rings. The summed E-state index contributed by atoms with van der Waals surface area (Å²) in [5.41, 5.74) is -0.675. The number of nitrogens with one attached hydrogen (secondary N) is 1. The monoisotopic (exact) mass is 357 g/mol. The Morgan fingerprint density at radius 2 is 1.92 bits per heavy atom. The van der Waals surface area contributed by atoms with Crippen LogP contribution < -0.4 is 5.32 Å². The predicted molar refractivity (Wildman–Crippen MR) is 79.7 cm³/mol. The molecule has 0 unspecified atom stereocenters.